The Morgan fingerprint density at radius 3 is 2.58 bits per heavy atom. The third-order valence-electron chi connectivity index (χ3n) is 5.88. The topological polar surface area (TPSA) is 50.8 Å². The molecule has 0 spiro atoms. The molecule has 0 radical (unpaired) electrons. The molecule has 1 aliphatic carbocycles. The number of hydrogen-bond donors (Lipinski definition) is 1. The molecule has 1 saturated heterocycles. The zero-order valence-electron chi connectivity index (χ0n) is 18.0. The number of ether oxygens (including phenoxy) is 2. The average Bonchev–Trinajstić information content (AvgIpc) is 3.06. The van der Waals surface area contributed by atoms with Crippen LogP contribution in [0.1, 0.15) is 48.8 Å². The summed E-state index contributed by atoms with van der Waals surface area (Å²) < 4.78 is 11.4. The van der Waals surface area contributed by atoms with Crippen LogP contribution >= 0.6 is 12.2 Å². The molecule has 162 valence electrons. The van der Waals surface area contributed by atoms with Gasteiger partial charge in [0.25, 0.3) is 5.91 Å². The van der Waals surface area contributed by atoms with Gasteiger partial charge in [-0.25, -0.2) is 0 Å². The maximum absolute atomic E-state index is 13.0. The molecule has 5 nitrogen and oxygen atoms in total. The van der Waals surface area contributed by atoms with Crippen LogP contribution in [-0.4, -0.2) is 29.1 Å². The van der Waals surface area contributed by atoms with Crippen LogP contribution in [0.5, 0.6) is 11.5 Å². The minimum absolute atomic E-state index is 0.0369. The SMILES string of the molecule is COc1ccc(/C=C2/NC(=S)N(C3CCCCC3)C2=O)cc1COc1ccc(C)cc1. The lowest BCUT2D eigenvalue weighted by Gasteiger charge is -2.29. The summed E-state index contributed by atoms with van der Waals surface area (Å²) in [6.45, 7) is 2.42. The van der Waals surface area contributed by atoms with E-state index in [4.69, 9.17) is 21.7 Å². The molecular formula is C25H28N2O3S. The van der Waals surface area contributed by atoms with Crippen molar-refractivity contribution in [2.75, 3.05) is 7.11 Å². The van der Waals surface area contributed by atoms with Crippen LogP contribution in [0.15, 0.2) is 48.2 Å². The van der Waals surface area contributed by atoms with Gasteiger partial charge in [0.1, 0.15) is 23.8 Å². The second-order valence-electron chi connectivity index (χ2n) is 8.13. The molecular weight excluding hydrogens is 408 g/mol. The van der Waals surface area contributed by atoms with Crippen LogP contribution in [0.25, 0.3) is 6.08 Å². The van der Waals surface area contributed by atoms with Crippen molar-refractivity contribution in [2.24, 2.45) is 0 Å². The molecule has 6 heteroatoms. The normalized spacial score (nSPS) is 18.4. The summed E-state index contributed by atoms with van der Waals surface area (Å²) >= 11 is 5.48. The number of aryl methyl sites for hydroxylation is 1. The van der Waals surface area contributed by atoms with Gasteiger partial charge in [-0.05, 0) is 67.9 Å². The predicted molar refractivity (Wildman–Crippen MR) is 126 cm³/mol. The van der Waals surface area contributed by atoms with Crippen molar-refractivity contribution in [2.45, 2.75) is 51.7 Å². The summed E-state index contributed by atoms with van der Waals surface area (Å²) in [6, 6.07) is 14.0. The summed E-state index contributed by atoms with van der Waals surface area (Å²) in [7, 11) is 1.64. The Kier molecular flexibility index (Phi) is 6.56. The van der Waals surface area contributed by atoms with Crippen molar-refractivity contribution >= 4 is 29.3 Å². The van der Waals surface area contributed by atoms with E-state index >= 15 is 0 Å². The fourth-order valence-corrected chi connectivity index (χ4v) is 4.52. The van der Waals surface area contributed by atoms with Gasteiger partial charge in [0.05, 0.1) is 7.11 Å². The van der Waals surface area contributed by atoms with Gasteiger partial charge in [0.2, 0.25) is 0 Å². The molecule has 0 bridgehead atoms. The van der Waals surface area contributed by atoms with E-state index in [0.29, 0.717) is 17.4 Å². The fourth-order valence-electron chi connectivity index (χ4n) is 4.18. The van der Waals surface area contributed by atoms with Gasteiger partial charge >= 0.3 is 0 Å². The minimum Gasteiger partial charge on any atom is -0.496 e. The van der Waals surface area contributed by atoms with E-state index < -0.39 is 0 Å². The maximum Gasteiger partial charge on any atom is 0.276 e. The minimum atomic E-state index is -0.0369. The Hall–Kier alpha value is -2.86. The zero-order valence-corrected chi connectivity index (χ0v) is 18.8. The Morgan fingerprint density at radius 2 is 1.87 bits per heavy atom. The van der Waals surface area contributed by atoms with Crippen molar-refractivity contribution in [1.29, 1.82) is 0 Å². The molecule has 2 aliphatic rings. The van der Waals surface area contributed by atoms with Crippen molar-refractivity contribution in [1.82, 2.24) is 10.2 Å². The number of thiocarbonyl (C=S) groups is 1. The van der Waals surface area contributed by atoms with Gasteiger partial charge in [-0.2, -0.15) is 0 Å². The molecule has 0 aromatic heterocycles. The second kappa shape index (κ2) is 9.52. The molecule has 1 amide bonds. The number of benzene rings is 2. The van der Waals surface area contributed by atoms with Crippen LogP contribution in [0.3, 0.4) is 0 Å². The Labute approximate surface area is 189 Å². The van der Waals surface area contributed by atoms with Crippen molar-refractivity contribution < 1.29 is 14.3 Å². The van der Waals surface area contributed by atoms with Crippen molar-refractivity contribution in [3.63, 3.8) is 0 Å². The van der Waals surface area contributed by atoms with E-state index in [9.17, 15) is 4.79 Å². The van der Waals surface area contributed by atoms with Crippen LogP contribution in [0, 0.1) is 6.92 Å². The van der Waals surface area contributed by atoms with Crippen molar-refractivity contribution in [3.05, 3.63) is 64.9 Å². The first-order valence-electron chi connectivity index (χ1n) is 10.8. The quantitative estimate of drug-likeness (QED) is 0.512. The average molecular weight is 437 g/mol. The Morgan fingerprint density at radius 1 is 1.13 bits per heavy atom. The van der Waals surface area contributed by atoms with E-state index in [1.54, 1.807) is 12.0 Å². The Balaban J connectivity index is 1.52. The van der Waals surface area contributed by atoms with E-state index in [0.717, 1.165) is 48.3 Å². The van der Waals surface area contributed by atoms with Crippen LogP contribution in [0.2, 0.25) is 0 Å². The largest absolute Gasteiger partial charge is 0.496 e. The first-order chi connectivity index (χ1) is 15.0. The third kappa shape index (κ3) is 4.90. The molecule has 1 heterocycles. The number of carbonyl (C=O) groups excluding carboxylic acids is 1. The van der Waals surface area contributed by atoms with Crippen LogP contribution in [-0.2, 0) is 11.4 Å². The predicted octanol–water partition coefficient (Wildman–Crippen LogP) is 4.97. The maximum atomic E-state index is 13.0. The molecule has 1 N–H and O–H groups in total. The molecule has 2 aromatic rings. The molecule has 1 saturated carbocycles. The lowest BCUT2D eigenvalue weighted by molar-refractivity contribution is -0.124. The summed E-state index contributed by atoms with van der Waals surface area (Å²) in [5.74, 6) is 1.52. The molecule has 1 aliphatic heterocycles. The Bertz CT molecular complexity index is 994. The summed E-state index contributed by atoms with van der Waals surface area (Å²) in [5.41, 5.74) is 3.51. The zero-order chi connectivity index (χ0) is 21.8. The number of carbonyl (C=O) groups is 1. The first kappa shape index (κ1) is 21.4. The highest BCUT2D eigenvalue weighted by Gasteiger charge is 2.36. The van der Waals surface area contributed by atoms with Gasteiger partial charge < -0.3 is 14.8 Å². The molecule has 0 atom stereocenters. The van der Waals surface area contributed by atoms with Crippen LogP contribution < -0.4 is 14.8 Å². The van der Waals surface area contributed by atoms with Gasteiger partial charge in [-0.3, -0.25) is 9.69 Å². The standard InChI is InChI=1S/C25H28N2O3S/c1-17-8-11-21(12-9-17)30-16-19-14-18(10-13-23(19)29-2)15-22-24(28)27(25(31)26-22)20-6-4-3-5-7-20/h8-15,20H,3-7,16H2,1-2H3,(H,26,31)/b22-15+. The van der Waals surface area contributed by atoms with Crippen molar-refractivity contribution in [3.8, 4) is 11.5 Å². The highest BCUT2D eigenvalue weighted by molar-refractivity contribution is 7.80. The smallest absolute Gasteiger partial charge is 0.276 e. The van der Waals surface area contributed by atoms with E-state index in [2.05, 4.69) is 5.32 Å². The third-order valence-corrected chi connectivity index (χ3v) is 6.18. The van der Waals surface area contributed by atoms with E-state index in [-0.39, 0.29) is 11.9 Å². The summed E-state index contributed by atoms with van der Waals surface area (Å²) in [5, 5.41) is 3.63. The summed E-state index contributed by atoms with van der Waals surface area (Å²) in [4.78, 5) is 14.8. The van der Waals surface area contributed by atoms with E-state index in [1.807, 2.05) is 55.5 Å². The summed E-state index contributed by atoms with van der Waals surface area (Å²) in [6.07, 6.45) is 7.43. The molecule has 31 heavy (non-hydrogen) atoms. The monoisotopic (exact) mass is 436 g/mol. The molecule has 4 rings (SSSR count). The van der Waals surface area contributed by atoms with Gasteiger partial charge in [0.15, 0.2) is 5.11 Å². The number of methoxy groups -OCH3 is 1. The van der Waals surface area contributed by atoms with Gasteiger partial charge in [-0.15, -0.1) is 0 Å². The highest BCUT2D eigenvalue weighted by atomic mass is 32.1. The second-order valence-corrected chi connectivity index (χ2v) is 8.51. The fraction of sp³-hybridized carbons (Fsp3) is 0.360. The number of nitrogens with zero attached hydrogens (tertiary/aromatic N) is 1. The lowest BCUT2D eigenvalue weighted by atomic mass is 9.94. The van der Waals surface area contributed by atoms with E-state index in [1.165, 1.54) is 12.0 Å². The number of rotatable bonds is 6. The molecule has 2 fully saturated rings. The number of nitrogens with one attached hydrogen (secondary N) is 1. The molecule has 0 unspecified atom stereocenters. The number of amides is 1. The first-order valence-corrected chi connectivity index (χ1v) is 11.2. The highest BCUT2D eigenvalue weighted by Crippen LogP contribution is 2.28. The molecule has 2 aromatic carbocycles. The van der Waals surface area contributed by atoms with Gasteiger partial charge in [0, 0.05) is 11.6 Å². The lowest BCUT2D eigenvalue weighted by Crippen LogP contribution is -2.41. The van der Waals surface area contributed by atoms with Gasteiger partial charge in [-0.1, -0.05) is 43.0 Å². The van der Waals surface area contributed by atoms with Crippen LogP contribution in [0.4, 0.5) is 0 Å². The number of hydrogen-bond acceptors (Lipinski definition) is 4.